The van der Waals surface area contributed by atoms with Crippen molar-refractivity contribution in [3.63, 3.8) is 0 Å². The van der Waals surface area contributed by atoms with Crippen LogP contribution in [0.4, 0.5) is 5.69 Å². The number of rotatable bonds is 8. The van der Waals surface area contributed by atoms with E-state index in [1.807, 2.05) is 42.5 Å². The summed E-state index contributed by atoms with van der Waals surface area (Å²) in [7, 11) is -2.13. The molecule has 3 rings (SSSR count). The Balaban J connectivity index is 1.76. The summed E-state index contributed by atoms with van der Waals surface area (Å²) in [6, 6.07) is 19.3. The first-order valence-electron chi connectivity index (χ1n) is 8.77. The molecule has 3 N–H and O–H groups in total. The van der Waals surface area contributed by atoms with E-state index in [1.165, 1.54) is 12.1 Å². The van der Waals surface area contributed by atoms with E-state index < -0.39 is 10.0 Å². The van der Waals surface area contributed by atoms with E-state index >= 15 is 0 Å². The molecule has 8 heteroatoms. The van der Waals surface area contributed by atoms with Gasteiger partial charge in [0.15, 0.2) is 11.5 Å². The predicted octanol–water partition coefficient (Wildman–Crippen LogP) is 4.19. The molecule has 0 unspecified atom stereocenters. The standard InChI is InChI=1S/C21H21ClN2O4S/c1-27-20-8-4-6-15(21(20)28-14-16-5-2-3-7-19(16)22)13-24-17-9-11-18(12-10-17)29(23,25)26/h2-12,24H,13-14H2,1H3,(H2,23,25,26). The normalized spacial score (nSPS) is 11.1. The molecule has 0 amide bonds. The molecule has 0 spiro atoms. The number of benzene rings is 3. The van der Waals surface area contributed by atoms with Crippen molar-refractivity contribution < 1.29 is 17.9 Å². The van der Waals surface area contributed by atoms with Gasteiger partial charge in [-0.3, -0.25) is 0 Å². The zero-order chi connectivity index (χ0) is 20.9. The largest absolute Gasteiger partial charge is 0.493 e. The Morgan fingerprint density at radius 3 is 2.31 bits per heavy atom. The van der Waals surface area contributed by atoms with E-state index in [4.69, 9.17) is 26.2 Å². The first-order chi connectivity index (χ1) is 13.9. The number of para-hydroxylation sites is 1. The van der Waals surface area contributed by atoms with Crippen LogP contribution >= 0.6 is 11.6 Å². The second kappa shape index (κ2) is 9.17. The van der Waals surface area contributed by atoms with Crippen LogP contribution in [-0.2, 0) is 23.2 Å². The summed E-state index contributed by atoms with van der Waals surface area (Å²) < 4.78 is 34.2. The molecule has 0 bridgehead atoms. The number of halogens is 1. The van der Waals surface area contributed by atoms with Gasteiger partial charge in [0.1, 0.15) is 6.61 Å². The minimum atomic E-state index is -3.71. The summed E-state index contributed by atoms with van der Waals surface area (Å²) >= 11 is 6.21. The van der Waals surface area contributed by atoms with E-state index in [2.05, 4.69) is 5.32 Å². The van der Waals surface area contributed by atoms with Crippen molar-refractivity contribution in [1.29, 1.82) is 0 Å². The summed E-state index contributed by atoms with van der Waals surface area (Å²) in [6.07, 6.45) is 0. The highest BCUT2D eigenvalue weighted by Gasteiger charge is 2.12. The molecule has 29 heavy (non-hydrogen) atoms. The Hall–Kier alpha value is -2.74. The van der Waals surface area contributed by atoms with Gasteiger partial charge in [0.2, 0.25) is 10.0 Å². The van der Waals surface area contributed by atoms with E-state index in [0.717, 1.165) is 16.8 Å². The fraction of sp³-hybridized carbons (Fsp3) is 0.143. The molecule has 0 saturated heterocycles. The van der Waals surface area contributed by atoms with Gasteiger partial charge < -0.3 is 14.8 Å². The summed E-state index contributed by atoms with van der Waals surface area (Å²) in [6.45, 7) is 0.750. The van der Waals surface area contributed by atoms with Crippen LogP contribution in [0.25, 0.3) is 0 Å². The molecule has 6 nitrogen and oxygen atoms in total. The number of methoxy groups -OCH3 is 1. The zero-order valence-electron chi connectivity index (χ0n) is 15.8. The lowest BCUT2D eigenvalue weighted by Gasteiger charge is -2.16. The number of nitrogens with two attached hydrogens (primary N) is 1. The SMILES string of the molecule is COc1cccc(CNc2ccc(S(N)(=O)=O)cc2)c1OCc1ccccc1Cl. The molecule has 3 aromatic rings. The molecule has 0 fully saturated rings. The number of ether oxygens (including phenoxy) is 2. The zero-order valence-corrected chi connectivity index (χ0v) is 17.3. The molecule has 0 saturated carbocycles. The van der Waals surface area contributed by atoms with Gasteiger partial charge in [-0.05, 0) is 36.4 Å². The molecule has 0 radical (unpaired) electrons. The van der Waals surface area contributed by atoms with Gasteiger partial charge in [-0.2, -0.15) is 0 Å². The first-order valence-corrected chi connectivity index (χ1v) is 10.7. The summed E-state index contributed by atoms with van der Waals surface area (Å²) in [4.78, 5) is 0.0631. The minimum Gasteiger partial charge on any atom is -0.493 e. The van der Waals surface area contributed by atoms with Crippen LogP contribution in [0.1, 0.15) is 11.1 Å². The Labute approximate surface area is 175 Å². The van der Waals surface area contributed by atoms with Gasteiger partial charge in [0.05, 0.1) is 12.0 Å². The Kier molecular flexibility index (Phi) is 6.64. The molecule has 0 aliphatic carbocycles. The Bertz CT molecular complexity index is 1090. The number of anilines is 1. The van der Waals surface area contributed by atoms with Crippen molar-refractivity contribution in [3.05, 3.63) is 82.9 Å². The first kappa shape index (κ1) is 21.0. The highest BCUT2D eigenvalue weighted by molar-refractivity contribution is 7.89. The Morgan fingerprint density at radius 2 is 1.66 bits per heavy atom. The topological polar surface area (TPSA) is 90.6 Å². The molecule has 0 heterocycles. The number of primary sulfonamides is 1. The van der Waals surface area contributed by atoms with Gasteiger partial charge in [-0.15, -0.1) is 0 Å². The van der Waals surface area contributed by atoms with Crippen LogP contribution in [0.5, 0.6) is 11.5 Å². The van der Waals surface area contributed by atoms with E-state index in [1.54, 1.807) is 19.2 Å². The van der Waals surface area contributed by atoms with Gasteiger partial charge in [-0.1, -0.05) is 41.9 Å². The lowest BCUT2D eigenvalue weighted by atomic mass is 10.1. The maximum absolute atomic E-state index is 11.4. The van der Waals surface area contributed by atoms with Crippen LogP contribution in [0, 0.1) is 0 Å². The van der Waals surface area contributed by atoms with E-state index in [0.29, 0.717) is 29.7 Å². The van der Waals surface area contributed by atoms with Crippen molar-refractivity contribution in [2.75, 3.05) is 12.4 Å². The van der Waals surface area contributed by atoms with Gasteiger partial charge >= 0.3 is 0 Å². The smallest absolute Gasteiger partial charge is 0.238 e. The molecule has 0 aliphatic rings. The number of hydrogen-bond donors (Lipinski definition) is 2. The maximum Gasteiger partial charge on any atom is 0.238 e. The lowest BCUT2D eigenvalue weighted by Crippen LogP contribution is -2.12. The van der Waals surface area contributed by atoms with Crippen molar-refractivity contribution >= 4 is 27.3 Å². The van der Waals surface area contributed by atoms with Gasteiger partial charge in [0.25, 0.3) is 0 Å². The van der Waals surface area contributed by atoms with E-state index in [9.17, 15) is 8.42 Å². The third-order valence-corrected chi connectivity index (χ3v) is 5.57. The van der Waals surface area contributed by atoms with Crippen molar-refractivity contribution in [2.45, 2.75) is 18.0 Å². The monoisotopic (exact) mass is 432 g/mol. The highest BCUT2D eigenvalue weighted by atomic mass is 35.5. The van der Waals surface area contributed by atoms with Crippen molar-refractivity contribution in [2.24, 2.45) is 5.14 Å². The van der Waals surface area contributed by atoms with Crippen LogP contribution in [0.15, 0.2) is 71.6 Å². The van der Waals surface area contributed by atoms with Gasteiger partial charge in [-0.25, -0.2) is 13.6 Å². The number of nitrogens with one attached hydrogen (secondary N) is 1. The molecule has 0 atom stereocenters. The molecule has 0 aliphatic heterocycles. The summed E-state index contributed by atoms with van der Waals surface area (Å²) in [5, 5.41) is 9.01. The molecule has 0 aromatic heterocycles. The number of sulfonamides is 1. The predicted molar refractivity (Wildman–Crippen MR) is 114 cm³/mol. The quantitative estimate of drug-likeness (QED) is 0.557. The number of hydrogen-bond acceptors (Lipinski definition) is 5. The second-order valence-electron chi connectivity index (χ2n) is 6.25. The van der Waals surface area contributed by atoms with Crippen molar-refractivity contribution in [1.82, 2.24) is 0 Å². The third-order valence-electron chi connectivity index (χ3n) is 4.28. The summed E-state index contributed by atoms with van der Waals surface area (Å²) in [5.41, 5.74) is 2.50. The fourth-order valence-electron chi connectivity index (χ4n) is 2.75. The van der Waals surface area contributed by atoms with E-state index in [-0.39, 0.29) is 4.90 Å². The Morgan fingerprint density at radius 1 is 0.966 bits per heavy atom. The molecule has 152 valence electrons. The lowest BCUT2D eigenvalue weighted by molar-refractivity contribution is 0.282. The summed E-state index contributed by atoms with van der Waals surface area (Å²) in [5.74, 6) is 1.23. The van der Waals surface area contributed by atoms with Crippen LogP contribution in [-0.4, -0.2) is 15.5 Å². The van der Waals surface area contributed by atoms with Crippen molar-refractivity contribution in [3.8, 4) is 11.5 Å². The molecular formula is C21H21ClN2O4S. The van der Waals surface area contributed by atoms with Crippen LogP contribution < -0.4 is 19.9 Å². The average molecular weight is 433 g/mol. The van der Waals surface area contributed by atoms with Gasteiger partial charge in [0, 0.05) is 28.4 Å². The average Bonchev–Trinajstić information content (AvgIpc) is 2.71. The second-order valence-corrected chi connectivity index (χ2v) is 8.22. The molecular weight excluding hydrogens is 412 g/mol. The van der Waals surface area contributed by atoms with Crippen LogP contribution in [0.2, 0.25) is 5.02 Å². The minimum absolute atomic E-state index is 0.0631. The maximum atomic E-state index is 11.4. The highest BCUT2D eigenvalue weighted by Crippen LogP contribution is 2.33. The van der Waals surface area contributed by atoms with Crippen LogP contribution in [0.3, 0.4) is 0 Å². The third kappa shape index (κ3) is 5.41. The fourth-order valence-corrected chi connectivity index (χ4v) is 3.46. The molecule has 3 aromatic carbocycles.